The minimum Gasteiger partial charge on any atom is -0.310 e. The zero-order valence-corrected chi connectivity index (χ0v) is 11.9. The molecule has 1 heterocycles. The van der Waals surface area contributed by atoms with Crippen molar-refractivity contribution in [2.45, 2.75) is 51.7 Å². The summed E-state index contributed by atoms with van der Waals surface area (Å²) in [7, 11) is 0. The zero-order valence-electron chi connectivity index (χ0n) is 11.9. The number of nitrogens with zero attached hydrogens (tertiary/aromatic N) is 1. The second kappa shape index (κ2) is 6.35. The maximum absolute atomic E-state index is 3.66. The molecular weight excluding hydrogens is 220 g/mol. The van der Waals surface area contributed by atoms with Gasteiger partial charge in [-0.1, -0.05) is 51.1 Å². The third-order valence-electron chi connectivity index (χ3n) is 3.80. The molecule has 2 unspecified atom stereocenters. The molecule has 0 aromatic heterocycles. The van der Waals surface area contributed by atoms with Gasteiger partial charge in [0, 0.05) is 31.2 Å². The lowest BCUT2D eigenvalue weighted by molar-refractivity contribution is 0.232. The molecule has 0 radical (unpaired) electrons. The summed E-state index contributed by atoms with van der Waals surface area (Å²) in [4.78, 5) is 2.63. The number of rotatable bonds is 5. The monoisotopic (exact) mass is 246 g/mol. The van der Waals surface area contributed by atoms with Crippen LogP contribution in [0, 0.1) is 0 Å². The topological polar surface area (TPSA) is 15.3 Å². The normalized spacial score (nSPS) is 22.6. The van der Waals surface area contributed by atoms with Gasteiger partial charge in [-0.05, 0) is 18.4 Å². The van der Waals surface area contributed by atoms with E-state index >= 15 is 0 Å². The van der Waals surface area contributed by atoms with Crippen LogP contribution in [0.2, 0.25) is 0 Å². The van der Waals surface area contributed by atoms with Crippen LogP contribution in [0.1, 0.15) is 45.2 Å². The fourth-order valence-corrected chi connectivity index (χ4v) is 3.06. The Morgan fingerprint density at radius 3 is 2.61 bits per heavy atom. The highest BCUT2D eigenvalue weighted by Gasteiger charge is 2.28. The molecule has 100 valence electrons. The van der Waals surface area contributed by atoms with E-state index in [1.165, 1.54) is 31.5 Å². The van der Waals surface area contributed by atoms with E-state index in [9.17, 15) is 0 Å². The Kier molecular flexibility index (Phi) is 4.79. The van der Waals surface area contributed by atoms with Gasteiger partial charge in [0.1, 0.15) is 0 Å². The average molecular weight is 246 g/mol. The SMILES string of the molecule is CCC(c1ccccc1)N1CCC(NC(C)C)C1. The van der Waals surface area contributed by atoms with Crippen LogP contribution >= 0.6 is 0 Å². The first kappa shape index (κ1) is 13.6. The lowest BCUT2D eigenvalue weighted by Crippen LogP contribution is -2.37. The van der Waals surface area contributed by atoms with Gasteiger partial charge in [0.15, 0.2) is 0 Å². The molecule has 2 atom stereocenters. The van der Waals surface area contributed by atoms with Crippen molar-refractivity contribution in [1.82, 2.24) is 10.2 Å². The van der Waals surface area contributed by atoms with Crippen molar-refractivity contribution < 1.29 is 0 Å². The summed E-state index contributed by atoms with van der Waals surface area (Å²) in [6.07, 6.45) is 2.47. The first-order chi connectivity index (χ1) is 8.70. The molecule has 1 aromatic rings. The Labute approximate surface area is 111 Å². The first-order valence-corrected chi connectivity index (χ1v) is 7.25. The van der Waals surface area contributed by atoms with Gasteiger partial charge in [0.25, 0.3) is 0 Å². The summed E-state index contributed by atoms with van der Waals surface area (Å²) in [6.45, 7) is 9.17. The van der Waals surface area contributed by atoms with E-state index in [4.69, 9.17) is 0 Å². The van der Waals surface area contributed by atoms with Crippen LogP contribution < -0.4 is 5.32 Å². The highest BCUT2D eigenvalue weighted by atomic mass is 15.2. The number of likely N-dealkylation sites (tertiary alicyclic amines) is 1. The molecule has 0 saturated carbocycles. The number of hydrogen-bond acceptors (Lipinski definition) is 2. The Bertz CT molecular complexity index is 347. The van der Waals surface area contributed by atoms with Crippen LogP contribution in [0.25, 0.3) is 0 Å². The summed E-state index contributed by atoms with van der Waals surface area (Å²) in [5.41, 5.74) is 1.46. The van der Waals surface area contributed by atoms with Crippen molar-refractivity contribution in [2.75, 3.05) is 13.1 Å². The molecule has 18 heavy (non-hydrogen) atoms. The number of benzene rings is 1. The highest BCUT2D eigenvalue weighted by molar-refractivity contribution is 5.19. The van der Waals surface area contributed by atoms with E-state index in [2.05, 4.69) is 61.3 Å². The van der Waals surface area contributed by atoms with Crippen molar-refractivity contribution in [3.8, 4) is 0 Å². The van der Waals surface area contributed by atoms with Gasteiger partial charge in [-0.2, -0.15) is 0 Å². The molecule has 1 aliphatic rings. The minimum absolute atomic E-state index is 0.588. The van der Waals surface area contributed by atoms with E-state index in [0.717, 1.165) is 0 Å². The smallest absolute Gasteiger partial charge is 0.0346 e. The van der Waals surface area contributed by atoms with Crippen LogP contribution in [0.5, 0.6) is 0 Å². The molecule has 0 amide bonds. The maximum Gasteiger partial charge on any atom is 0.0346 e. The number of nitrogens with one attached hydrogen (secondary N) is 1. The Morgan fingerprint density at radius 2 is 2.00 bits per heavy atom. The minimum atomic E-state index is 0.588. The van der Waals surface area contributed by atoms with Crippen LogP contribution in [0.4, 0.5) is 0 Å². The molecule has 2 heteroatoms. The summed E-state index contributed by atoms with van der Waals surface area (Å²) in [5, 5.41) is 3.66. The fourth-order valence-electron chi connectivity index (χ4n) is 3.06. The van der Waals surface area contributed by atoms with Gasteiger partial charge in [-0.15, -0.1) is 0 Å². The first-order valence-electron chi connectivity index (χ1n) is 7.25. The molecule has 1 aliphatic heterocycles. The van der Waals surface area contributed by atoms with Gasteiger partial charge in [0.2, 0.25) is 0 Å². The van der Waals surface area contributed by atoms with Gasteiger partial charge in [-0.3, -0.25) is 4.90 Å². The van der Waals surface area contributed by atoms with Crippen LogP contribution in [0.3, 0.4) is 0 Å². The van der Waals surface area contributed by atoms with E-state index in [1.807, 2.05) is 0 Å². The van der Waals surface area contributed by atoms with Crippen LogP contribution in [0.15, 0.2) is 30.3 Å². The molecule has 1 fully saturated rings. The molecule has 2 nitrogen and oxygen atoms in total. The largest absolute Gasteiger partial charge is 0.310 e. The van der Waals surface area contributed by atoms with Gasteiger partial charge in [0.05, 0.1) is 0 Å². The predicted molar refractivity (Wildman–Crippen MR) is 77.7 cm³/mol. The molecule has 0 bridgehead atoms. The van der Waals surface area contributed by atoms with E-state index < -0.39 is 0 Å². The maximum atomic E-state index is 3.66. The van der Waals surface area contributed by atoms with Crippen molar-refractivity contribution in [2.24, 2.45) is 0 Å². The van der Waals surface area contributed by atoms with E-state index in [0.29, 0.717) is 18.1 Å². The summed E-state index contributed by atoms with van der Waals surface area (Å²) in [5.74, 6) is 0. The predicted octanol–water partition coefficient (Wildman–Crippen LogP) is 3.21. The molecule has 1 aromatic carbocycles. The van der Waals surface area contributed by atoms with Crippen LogP contribution in [-0.2, 0) is 0 Å². The van der Waals surface area contributed by atoms with Crippen LogP contribution in [-0.4, -0.2) is 30.1 Å². The van der Waals surface area contributed by atoms with Crippen molar-refractivity contribution in [3.05, 3.63) is 35.9 Å². The lowest BCUT2D eigenvalue weighted by Gasteiger charge is -2.27. The van der Waals surface area contributed by atoms with Crippen molar-refractivity contribution in [3.63, 3.8) is 0 Å². The number of hydrogen-bond donors (Lipinski definition) is 1. The third-order valence-corrected chi connectivity index (χ3v) is 3.80. The lowest BCUT2D eigenvalue weighted by atomic mass is 10.0. The van der Waals surface area contributed by atoms with Gasteiger partial charge >= 0.3 is 0 Å². The van der Waals surface area contributed by atoms with E-state index in [1.54, 1.807) is 0 Å². The molecule has 1 saturated heterocycles. The summed E-state index contributed by atoms with van der Waals surface area (Å²) in [6, 6.07) is 12.8. The van der Waals surface area contributed by atoms with Crippen molar-refractivity contribution in [1.29, 1.82) is 0 Å². The molecule has 1 N–H and O–H groups in total. The Hall–Kier alpha value is -0.860. The molecular formula is C16H26N2. The van der Waals surface area contributed by atoms with Crippen molar-refractivity contribution >= 4 is 0 Å². The molecule has 0 spiro atoms. The second-order valence-corrected chi connectivity index (χ2v) is 5.64. The second-order valence-electron chi connectivity index (χ2n) is 5.64. The van der Waals surface area contributed by atoms with Gasteiger partial charge < -0.3 is 5.32 Å². The Morgan fingerprint density at radius 1 is 1.28 bits per heavy atom. The van der Waals surface area contributed by atoms with E-state index in [-0.39, 0.29) is 0 Å². The summed E-state index contributed by atoms with van der Waals surface area (Å²) < 4.78 is 0. The quantitative estimate of drug-likeness (QED) is 0.858. The Balaban J connectivity index is 1.98. The average Bonchev–Trinajstić information content (AvgIpc) is 2.79. The molecule has 0 aliphatic carbocycles. The highest BCUT2D eigenvalue weighted by Crippen LogP contribution is 2.27. The molecule has 2 rings (SSSR count). The van der Waals surface area contributed by atoms with Gasteiger partial charge in [-0.25, -0.2) is 0 Å². The zero-order chi connectivity index (χ0) is 13.0. The summed E-state index contributed by atoms with van der Waals surface area (Å²) >= 11 is 0. The standard InChI is InChI=1S/C16H26N2/c1-4-16(14-8-6-5-7-9-14)18-11-10-15(12-18)17-13(2)3/h5-9,13,15-17H,4,10-12H2,1-3H3. The third kappa shape index (κ3) is 3.33. The fraction of sp³-hybridized carbons (Fsp3) is 0.625.